The summed E-state index contributed by atoms with van der Waals surface area (Å²) >= 11 is 6.13. The molecule has 0 spiro atoms. The predicted molar refractivity (Wildman–Crippen MR) is 102 cm³/mol. The maximum absolute atomic E-state index is 12.1. The van der Waals surface area contributed by atoms with Crippen LogP contribution < -0.4 is 10.6 Å². The molecule has 1 N–H and O–H groups in total. The minimum absolute atomic E-state index is 0.101. The summed E-state index contributed by atoms with van der Waals surface area (Å²) in [6.07, 6.45) is 0.559. The lowest BCUT2D eigenvalue weighted by molar-refractivity contribution is -0.137. The van der Waals surface area contributed by atoms with Gasteiger partial charge in [-0.05, 0) is 22.4 Å². The largest absolute Gasteiger partial charge is 0.481 e. The molecule has 122 valence electrons. The first kappa shape index (κ1) is 17.9. The van der Waals surface area contributed by atoms with Crippen LogP contribution in [-0.4, -0.2) is 16.7 Å². The van der Waals surface area contributed by atoms with Gasteiger partial charge in [-0.2, -0.15) is 0 Å². The fraction of sp³-hybridized carbons (Fsp3) is 0.316. The van der Waals surface area contributed by atoms with Crippen molar-refractivity contribution in [3.63, 3.8) is 0 Å². The third-order valence-corrected chi connectivity index (χ3v) is 9.25. The molecule has 23 heavy (non-hydrogen) atoms. The smallest absolute Gasteiger partial charge is 0.312 e. The summed E-state index contributed by atoms with van der Waals surface area (Å²) in [7, 11) is 0. The van der Waals surface area contributed by atoms with Crippen LogP contribution in [0.15, 0.2) is 60.7 Å². The maximum atomic E-state index is 12.1. The molecule has 0 radical (unpaired) electrons. The lowest BCUT2D eigenvalue weighted by atomic mass is 9.90. The molecule has 2 rings (SSSR count). The molecule has 0 aliphatic carbocycles. The van der Waals surface area contributed by atoms with Gasteiger partial charge in [0.05, 0.1) is 5.66 Å². The van der Waals surface area contributed by atoms with E-state index in [0.717, 1.165) is 10.6 Å². The van der Waals surface area contributed by atoms with Gasteiger partial charge in [0.1, 0.15) is 0 Å². The van der Waals surface area contributed by atoms with Gasteiger partial charge in [0, 0.05) is 6.04 Å². The molecule has 2 aromatic carbocycles. The van der Waals surface area contributed by atoms with E-state index in [1.807, 2.05) is 60.7 Å². The van der Waals surface area contributed by atoms with Crippen molar-refractivity contribution in [2.75, 3.05) is 0 Å². The van der Waals surface area contributed by atoms with Crippen molar-refractivity contribution in [3.8, 4) is 0 Å². The number of benzene rings is 2. The average molecular weight is 346 g/mol. The van der Waals surface area contributed by atoms with E-state index in [4.69, 9.17) is 11.8 Å². The monoisotopic (exact) mass is 346 g/mol. The van der Waals surface area contributed by atoms with Crippen LogP contribution in [0.2, 0.25) is 0 Å². The summed E-state index contributed by atoms with van der Waals surface area (Å²) < 4.78 is 0. The summed E-state index contributed by atoms with van der Waals surface area (Å²) in [4.78, 5) is 12.1. The van der Waals surface area contributed by atoms with Crippen molar-refractivity contribution >= 4 is 34.4 Å². The number of aliphatic carboxylic acids is 1. The van der Waals surface area contributed by atoms with Gasteiger partial charge in [0.2, 0.25) is 0 Å². The Hall–Kier alpha value is -1.44. The number of carboxylic acid groups (broad SMARTS) is 1. The lowest BCUT2D eigenvalue weighted by Gasteiger charge is -2.33. The second-order valence-electron chi connectivity index (χ2n) is 6.95. The van der Waals surface area contributed by atoms with Crippen LogP contribution in [0.5, 0.6) is 0 Å². The van der Waals surface area contributed by atoms with Crippen molar-refractivity contribution in [2.45, 2.75) is 32.9 Å². The molecule has 0 aliphatic heterocycles. The molecule has 1 unspecified atom stereocenters. The van der Waals surface area contributed by atoms with E-state index in [9.17, 15) is 9.90 Å². The van der Waals surface area contributed by atoms with E-state index in [2.05, 4.69) is 20.8 Å². The Bertz CT molecular complexity index is 662. The zero-order valence-electron chi connectivity index (χ0n) is 13.8. The van der Waals surface area contributed by atoms with E-state index in [0.29, 0.717) is 6.42 Å². The zero-order valence-corrected chi connectivity index (χ0v) is 15.5. The van der Waals surface area contributed by atoms with Crippen molar-refractivity contribution < 1.29 is 9.90 Å². The van der Waals surface area contributed by atoms with Gasteiger partial charge in [0.15, 0.2) is 0 Å². The summed E-state index contributed by atoms with van der Waals surface area (Å²) in [5, 5.41) is 11.9. The first-order valence-corrected chi connectivity index (χ1v) is 10.6. The molecule has 0 fully saturated rings. The molecule has 0 amide bonds. The van der Waals surface area contributed by atoms with Crippen molar-refractivity contribution in [1.29, 1.82) is 0 Å². The van der Waals surface area contributed by atoms with Crippen LogP contribution in [0.1, 0.15) is 27.2 Å². The fourth-order valence-electron chi connectivity index (χ4n) is 2.76. The standard InChI is InChI=1S/C19H23O2PS/c1-19(2,3)14-17(18(20)21)22(23,15-10-6-4-7-11-15)16-12-8-5-9-13-16/h4-13,17H,14H2,1-3H3,(H,20,21). The highest BCUT2D eigenvalue weighted by molar-refractivity contribution is 8.22. The molecule has 0 aliphatic rings. The summed E-state index contributed by atoms with van der Waals surface area (Å²) in [5.74, 6) is -0.795. The normalized spacial score (nSPS) is 13.5. The average Bonchev–Trinajstić information content (AvgIpc) is 2.52. The van der Waals surface area contributed by atoms with Gasteiger partial charge >= 0.3 is 5.97 Å². The number of carboxylic acids is 1. The third-order valence-electron chi connectivity index (χ3n) is 3.81. The van der Waals surface area contributed by atoms with E-state index in [1.54, 1.807) is 0 Å². The summed E-state index contributed by atoms with van der Waals surface area (Å²) in [6, 6.07) is 17.1. The number of carbonyl (C=O) groups is 1. The number of rotatable bonds is 5. The topological polar surface area (TPSA) is 37.3 Å². The van der Waals surface area contributed by atoms with E-state index in [1.165, 1.54) is 0 Å². The highest BCUT2D eigenvalue weighted by atomic mass is 32.4. The van der Waals surface area contributed by atoms with Crippen LogP contribution in [-0.2, 0) is 16.6 Å². The SMILES string of the molecule is CC(C)(C)CC(C(=O)O)P(=S)(c1ccccc1)c1ccccc1. The van der Waals surface area contributed by atoms with Crippen molar-refractivity contribution in [1.82, 2.24) is 0 Å². The third kappa shape index (κ3) is 4.10. The van der Waals surface area contributed by atoms with Crippen LogP contribution in [0, 0.1) is 5.41 Å². The van der Waals surface area contributed by atoms with Crippen LogP contribution >= 0.6 is 6.04 Å². The first-order chi connectivity index (χ1) is 10.7. The minimum Gasteiger partial charge on any atom is -0.481 e. The van der Waals surface area contributed by atoms with Gasteiger partial charge in [-0.3, -0.25) is 4.79 Å². The Balaban J connectivity index is 2.66. The van der Waals surface area contributed by atoms with Crippen LogP contribution in [0.4, 0.5) is 0 Å². The Labute approximate surface area is 143 Å². The van der Waals surface area contributed by atoms with Gasteiger partial charge in [-0.1, -0.05) is 93.2 Å². The van der Waals surface area contributed by atoms with Gasteiger partial charge in [0.25, 0.3) is 0 Å². The number of hydrogen-bond donors (Lipinski definition) is 1. The molecule has 4 heteroatoms. The molecule has 0 saturated carbocycles. The Kier molecular flexibility index (Phi) is 5.44. The maximum Gasteiger partial charge on any atom is 0.312 e. The minimum atomic E-state index is -2.45. The highest BCUT2D eigenvalue weighted by Crippen LogP contribution is 2.52. The molecule has 2 aromatic rings. The summed E-state index contributed by atoms with van der Waals surface area (Å²) in [6.45, 7) is 6.20. The van der Waals surface area contributed by atoms with E-state index in [-0.39, 0.29) is 5.41 Å². The van der Waals surface area contributed by atoms with Crippen LogP contribution in [0.25, 0.3) is 0 Å². The fourth-order valence-corrected chi connectivity index (χ4v) is 7.35. The van der Waals surface area contributed by atoms with Crippen molar-refractivity contribution in [3.05, 3.63) is 60.7 Å². The Morgan fingerprint density at radius 1 is 1.00 bits per heavy atom. The van der Waals surface area contributed by atoms with E-state index < -0.39 is 17.7 Å². The second kappa shape index (κ2) is 6.98. The van der Waals surface area contributed by atoms with Crippen molar-refractivity contribution in [2.24, 2.45) is 5.41 Å². The first-order valence-electron chi connectivity index (χ1n) is 7.69. The van der Waals surface area contributed by atoms with Gasteiger partial charge < -0.3 is 5.11 Å². The lowest BCUT2D eigenvalue weighted by Crippen LogP contribution is -2.34. The molecule has 0 saturated heterocycles. The highest BCUT2D eigenvalue weighted by Gasteiger charge is 2.39. The Morgan fingerprint density at radius 2 is 1.39 bits per heavy atom. The Morgan fingerprint density at radius 3 is 1.70 bits per heavy atom. The molecular weight excluding hydrogens is 323 g/mol. The van der Waals surface area contributed by atoms with Crippen LogP contribution in [0.3, 0.4) is 0 Å². The molecule has 0 heterocycles. The molecule has 0 aromatic heterocycles. The molecule has 1 atom stereocenters. The predicted octanol–water partition coefficient (Wildman–Crippen LogP) is 4.01. The quantitative estimate of drug-likeness (QED) is 0.831. The molecular formula is C19H23O2PS. The molecule has 0 bridgehead atoms. The van der Waals surface area contributed by atoms with Gasteiger partial charge in [-0.15, -0.1) is 0 Å². The number of hydrogen-bond acceptors (Lipinski definition) is 2. The van der Waals surface area contributed by atoms with E-state index >= 15 is 0 Å². The zero-order chi connectivity index (χ0) is 17.1. The summed E-state index contributed by atoms with van der Waals surface area (Å²) in [5.41, 5.74) is -0.668. The second-order valence-corrected chi connectivity index (χ2v) is 11.6. The van der Waals surface area contributed by atoms with Gasteiger partial charge in [-0.25, -0.2) is 0 Å². The molecule has 2 nitrogen and oxygen atoms in total.